The van der Waals surface area contributed by atoms with Gasteiger partial charge in [-0.05, 0) is 31.0 Å². The van der Waals surface area contributed by atoms with Crippen molar-refractivity contribution in [3.8, 4) is 0 Å². The zero-order valence-electron chi connectivity index (χ0n) is 13.5. The second kappa shape index (κ2) is 6.85. The summed E-state index contributed by atoms with van der Waals surface area (Å²) in [7, 11) is -2.73. The molecule has 1 atom stereocenters. The summed E-state index contributed by atoms with van der Waals surface area (Å²) in [6.45, 7) is 1.85. The molecule has 0 unspecified atom stereocenters. The zero-order chi connectivity index (χ0) is 17.1. The summed E-state index contributed by atoms with van der Waals surface area (Å²) < 4.78 is 34.4. The molecular formula is C17H18NO3S. The van der Waals surface area contributed by atoms with E-state index in [0.717, 1.165) is 9.87 Å². The Morgan fingerprint density at radius 1 is 1.14 bits per heavy atom. The highest BCUT2D eigenvalue weighted by molar-refractivity contribution is 7.89. The fourth-order valence-electron chi connectivity index (χ4n) is 2.01. The van der Waals surface area contributed by atoms with E-state index in [1.165, 1.54) is 19.2 Å². The second-order valence-corrected chi connectivity index (χ2v) is 6.97. The van der Waals surface area contributed by atoms with E-state index < -0.39 is 16.0 Å². The van der Waals surface area contributed by atoms with Crippen LogP contribution in [0.25, 0.3) is 0 Å². The molecule has 0 heterocycles. The van der Waals surface area contributed by atoms with Crippen molar-refractivity contribution in [3.63, 3.8) is 0 Å². The van der Waals surface area contributed by atoms with Gasteiger partial charge in [-0.25, -0.2) is 8.42 Å². The molecule has 2 aromatic carbocycles. The molecule has 0 aliphatic heterocycles. The van der Waals surface area contributed by atoms with Gasteiger partial charge in [0.1, 0.15) is 0 Å². The van der Waals surface area contributed by atoms with E-state index in [1.54, 1.807) is 42.7 Å². The Balaban J connectivity index is 2.36. The molecule has 0 spiro atoms. The number of sulfonamides is 1. The number of rotatable bonds is 6. The first-order valence-corrected chi connectivity index (χ1v) is 8.22. The van der Waals surface area contributed by atoms with E-state index in [9.17, 15) is 13.2 Å². The van der Waals surface area contributed by atoms with Gasteiger partial charge in [0.25, 0.3) is 0 Å². The van der Waals surface area contributed by atoms with Crippen LogP contribution in [0, 0.1) is 6.92 Å². The highest BCUT2D eigenvalue weighted by atomic mass is 32.2. The van der Waals surface area contributed by atoms with Crippen LogP contribution in [0.4, 0.5) is 0 Å². The molecule has 0 aliphatic carbocycles. The number of aryl methyl sites for hydroxylation is 1. The van der Waals surface area contributed by atoms with Gasteiger partial charge < -0.3 is 0 Å². The molecule has 0 aromatic heterocycles. The normalized spacial score (nSPS) is 15.1. The van der Waals surface area contributed by atoms with Gasteiger partial charge in [0.05, 0.1) is 12.3 Å². The third-order valence-corrected chi connectivity index (χ3v) is 5.20. The van der Waals surface area contributed by atoms with Crippen LogP contribution in [-0.2, 0) is 21.2 Å². The van der Waals surface area contributed by atoms with Crippen molar-refractivity contribution in [2.75, 3.05) is 7.05 Å². The Labute approximate surface area is 132 Å². The van der Waals surface area contributed by atoms with Gasteiger partial charge in [-0.3, -0.25) is 4.79 Å². The van der Waals surface area contributed by atoms with Gasteiger partial charge in [0, 0.05) is 7.05 Å². The van der Waals surface area contributed by atoms with E-state index in [1.807, 2.05) is 13.0 Å². The molecule has 0 amide bonds. The van der Waals surface area contributed by atoms with E-state index in [-0.39, 0.29) is 11.3 Å². The van der Waals surface area contributed by atoms with Gasteiger partial charge in [-0.2, -0.15) is 4.31 Å². The van der Waals surface area contributed by atoms with E-state index in [0.29, 0.717) is 5.56 Å². The van der Waals surface area contributed by atoms with Gasteiger partial charge in [0.2, 0.25) is 16.3 Å². The SMILES string of the molecule is [2H][C@@]([C]=O)(Cc1ccccc1)N(C)S(=O)(=O)c1ccc(C)cc1. The standard InChI is InChI=1S/C17H18NO3S/c1-14-8-10-17(11-9-14)22(20,21)18(2)16(13-19)12-15-6-4-3-5-7-15/h3-11,16H,12H2,1-2H3/t16-/m0/s1/i16D. The maximum absolute atomic E-state index is 12.7. The predicted octanol–water partition coefficient (Wildman–Crippen LogP) is 2.34. The molecule has 4 nitrogen and oxygen atoms in total. The van der Waals surface area contributed by atoms with Crippen LogP contribution < -0.4 is 0 Å². The van der Waals surface area contributed by atoms with E-state index in [4.69, 9.17) is 1.37 Å². The van der Waals surface area contributed by atoms with Gasteiger partial charge in [0.15, 0.2) is 0 Å². The average Bonchev–Trinajstić information content (AvgIpc) is 2.55. The molecule has 1 radical (unpaired) electrons. The molecule has 0 fully saturated rings. The van der Waals surface area contributed by atoms with Crippen LogP contribution in [0.1, 0.15) is 12.5 Å². The molecule has 2 rings (SSSR count). The molecular weight excluding hydrogens is 298 g/mol. The summed E-state index contributed by atoms with van der Waals surface area (Å²) in [6.07, 6.45) is 1.51. The number of likely N-dealkylation sites (N-methyl/N-ethyl adjacent to an activating group) is 1. The summed E-state index contributed by atoms with van der Waals surface area (Å²) in [5.41, 5.74) is 1.62. The fourth-order valence-corrected chi connectivity index (χ4v) is 3.20. The smallest absolute Gasteiger partial charge is 0.243 e. The summed E-state index contributed by atoms with van der Waals surface area (Å²) in [5.74, 6) is 0. The molecule has 0 saturated heterocycles. The maximum Gasteiger partial charge on any atom is 0.243 e. The highest BCUT2D eigenvalue weighted by Gasteiger charge is 2.28. The first-order chi connectivity index (χ1) is 10.8. The summed E-state index contributed by atoms with van der Waals surface area (Å²) >= 11 is 0. The monoisotopic (exact) mass is 317 g/mol. The Hall–Kier alpha value is -1.98. The lowest BCUT2D eigenvalue weighted by Gasteiger charge is -2.23. The molecule has 22 heavy (non-hydrogen) atoms. The number of benzene rings is 2. The molecule has 2 aromatic rings. The zero-order valence-corrected chi connectivity index (χ0v) is 13.3. The Morgan fingerprint density at radius 3 is 2.27 bits per heavy atom. The van der Waals surface area contributed by atoms with Gasteiger partial charge in [-0.15, -0.1) is 0 Å². The summed E-state index contributed by atoms with van der Waals surface area (Å²) in [4.78, 5) is 11.4. The molecule has 0 saturated carbocycles. The highest BCUT2D eigenvalue weighted by Crippen LogP contribution is 2.18. The summed E-state index contributed by atoms with van der Waals surface area (Å²) in [6, 6.07) is 13.1. The number of carbonyl (C=O) groups excluding carboxylic acids is 1. The minimum absolute atomic E-state index is 0.0468. The third-order valence-electron chi connectivity index (χ3n) is 3.39. The quantitative estimate of drug-likeness (QED) is 0.822. The topological polar surface area (TPSA) is 54.5 Å². The van der Waals surface area contributed by atoms with Crippen LogP contribution in [0.15, 0.2) is 59.5 Å². The molecule has 115 valence electrons. The van der Waals surface area contributed by atoms with Crippen molar-refractivity contribution < 1.29 is 14.6 Å². The second-order valence-electron chi connectivity index (χ2n) is 5.00. The summed E-state index contributed by atoms with van der Waals surface area (Å²) in [5, 5.41) is 0. The molecule has 5 heteroatoms. The maximum atomic E-state index is 12.7. The van der Waals surface area contributed by atoms with Crippen LogP contribution in [0.3, 0.4) is 0 Å². The van der Waals surface area contributed by atoms with Gasteiger partial charge >= 0.3 is 0 Å². The first-order valence-electron chi connectivity index (χ1n) is 7.28. The Kier molecular flexibility index (Phi) is 4.65. The third kappa shape index (κ3) is 3.61. The number of hydrogen-bond acceptors (Lipinski definition) is 3. The van der Waals surface area contributed by atoms with Crippen LogP contribution in [0.5, 0.6) is 0 Å². The minimum Gasteiger partial charge on any atom is -0.289 e. The molecule has 0 aliphatic rings. The lowest BCUT2D eigenvalue weighted by molar-refractivity contribution is 0.411. The van der Waals surface area contributed by atoms with Crippen molar-refractivity contribution in [1.82, 2.24) is 4.31 Å². The predicted molar refractivity (Wildman–Crippen MR) is 85.8 cm³/mol. The molecule has 0 N–H and O–H groups in total. The Bertz CT molecular complexity index is 775. The van der Waals surface area contributed by atoms with E-state index in [2.05, 4.69) is 0 Å². The fraction of sp³-hybridized carbons (Fsp3) is 0.235. The number of nitrogens with zero attached hydrogens (tertiary/aromatic N) is 1. The van der Waals surface area contributed by atoms with Crippen LogP contribution in [-0.4, -0.2) is 32.1 Å². The van der Waals surface area contributed by atoms with Crippen molar-refractivity contribution in [1.29, 1.82) is 0 Å². The average molecular weight is 317 g/mol. The van der Waals surface area contributed by atoms with E-state index >= 15 is 0 Å². The van der Waals surface area contributed by atoms with Crippen LogP contribution in [0.2, 0.25) is 0 Å². The Morgan fingerprint density at radius 2 is 1.73 bits per heavy atom. The van der Waals surface area contributed by atoms with Crippen LogP contribution >= 0.6 is 0 Å². The minimum atomic E-state index is -3.96. The van der Waals surface area contributed by atoms with Crippen molar-refractivity contribution >= 4 is 16.3 Å². The van der Waals surface area contributed by atoms with Crippen molar-refractivity contribution in [2.45, 2.75) is 24.3 Å². The lowest BCUT2D eigenvalue weighted by atomic mass is 10.1. The number of hydrogen-bond donors (Lipinski definition) is 0. The van der Waals surface area contributed by atoms with Crippen molar-refractivity contribution in [3.05, 3.63) is 65.7 Å². The van der Waals surface area contributed by atoms with Gasteiger partial charge in [-0.1, -0.05) is 48.0 Å². The first kappa shape index (κ1) is 14.9. The largest absolute Gasteiger partial charge is 0.289 e. The molecule has 0 bridgehead atoms. The lowest BCUT2D eigenvalue weighted by Crippen LogP contribution is -2.39. The van der Waals surface area contributed by atoms with Crippen molar-refractivity contribution in [2.24, 2.45) is 0 Å².